The van der Waals surface area contributed by atoms with Crippen LogP contribution in [0, 0.1) is 5.92 Å². The Morgan fingerprint density at radius 2 is 2.00 bits per heavy atom. The number of nitrogens with zero attached hydrogens (tertiary/aromatic N) is 1. The average Bonchev–Trinajstić information content (AvgIpc) is 3.11. The maximum absolute atomic E-state index is 12.9. The number of hydrogen-bond donors (Lipinski definition) is 1. The monoisotopic (exact) mass is 328 g/mol. The minimum Gasteiger partial charge on any atom is -0.359 e. The second kappa shape index (κ2) is 6.96. The lowest BCUT2D eigenvalue weighted by molar-refractivity contribution is -0.125. The van der Waals surface area contributed by atoms with E-state index in [4.69, 9.17) is 0 Å². The number of nitrogens with one attached hydrogen (secondary N) is 1. The van der Waals surface area contributed by atoms with Crippen molar-refractivity contribution < 1.29 is 9.59 Å². The highest BCUT2D eigenvalue weighted by atomic mass is 32.1. The number of carbonyl (C=O) groups excluding carboxylic acids is 2. The van der Waals surface area contributed by atoms with Gasteiger partial charge in [0.2, 0.25) is 5.91 Å². The van der Waals surface area contributed by atoms with Crippen molar-refractivity contribution in [1.29, 1.82) is 0 Å². The first-order valence-electron chi connectivity index (χ1n) is 7.83. The lowest BCUT2D eigenvalue weighted by Gasteiger charge is -2.32. The van der Waals surface area contributed by atoms with Crippen molar-refractivity contribution in [3.05, 3.63) is 46.7 Å². The van der Waals surface area contributed by atoms with Crippen LogP contribution in [0.25, 0.3) is 11.1 Å². The largest absolute Gasteiger partial charge is 0.359 e. The summed E-state index contributed by atoms with van der Waals surface area (Å²) in [4.78, 5) is 26.6. The molecule has 1 aliphatic heterocycles. The van der Waals surface area contributed by atoms with Gasteiger partial charge >= 0.3 is 0 Å². The first-order valence-corrected chi connectivity index (χ1v) is 8.77. The van der Waals surface area contributed by atoms with Crippen molar-refractivity contribution in [2.24, 2.45) is 5.92 Å². The van der Waals surface area contributed by atoms with E-state index in [9.17, 15) is 9.59 Å². The topological polar surface area (TPSA) is 49.4 Å². The maximum Gasteiger partial charge on any atom is 0.255 e. The number of rotatable bonds is 3. The lowest BCUT2D eigenvalue weighted by atomic mass is 9.96. The summed E-state index contributed by atoms with van der Waals surface area (Å²) in [5.74, 6) is -0.0497. The molecule has 1 unspecified atom stereocenters. The fourth-order valence-corrected chi connectivity index (χ4v) is 3.89. The Balaban J connectivity index is 1.81. The molecule has 2 aromatic rings. The van der Waals surface area contributed by atoms with E-state index >= 15 is 0 Å². The van der Waals surface area contributed by atoms with Crippen LogP contribution in [0.5, 0.6) is 0 Å². The van der Waals surface area contributed by atoms with Gasteiger partial charge in [0.1, 0.15) is 0 Å². The molecule has 1 aromatic heterocycles. The van der Waals surface area contributed by atoms with Gasteiger partial charge in [-0.3, -0.25) is 9.59 Å². The number of amides is 2. The van der Waals surface area contributed by atoms with Crippen molar-refractivity contribution in [3.63, 3.8) is 0 Å². The highest BCUT2D eigenvalue weighted by molar-refractivity contribution is 7.08. The summed E-state index contributed by atoms with van der Waals surface area (Å²) in [6, 6.07) is 9.95. The van der Waals surface area contributed by atoms with Crippen LogP contribution in [0.4, 0.5) is 0 Å². The number of hydrogen-bond acceptors (Lipinski definition) is 3. The molecule has 2 amide bonds. The Kier molecular flexibility index (Phi) is 4.76. The molecule has 1 saturated heterocycles. The minimum atomic E-state index is -0.100. The third-order valence-corrected chi connectivity index (χ3v) is 5.05. The van der Waals surface area contributed by atoms with Crippen LogP contribution in [0.15, 0.2) is 41.1 Å². The zero-order chi connectivity index (χ0) is 16.2. The summed E-state index contributed by atoms with van der Waals surface area (Å²) in [6.45, 7) is 1.22. The number of carbonyl (C=O) groups is 2. The predicted octanol–water partition coefficient (Wildman–Crippen LogP) is 3.01. The summed E-state index contributed by atoms with van der Waals surface area (Å²) >= 11 is 1.54. The van der Waals surface area contributed by atoms with Crippen LogP contribution < -0.4 is 5.32 Å². The van der Waals surface area contributed by atoms with Crippen LogP contribution in [-0.4, -0.2) is 36.9 Å². The van der Waals surface area contributed by atoms with E-state index in [0.29, 0.717) is 6.54 Å². The third-order valence-electron chi connectivity index (χ3n) is 4.30. The smallest absolute Gasteiger partial charge is 0.255 e. The second-order valence-electron chi connectivity index (χ2n) is 5.77. The lowest BCUT2D eigenvalue weighted by Crippen LogP contribution is -2.44. The number of benzene rings is 1. The number of thiophene rings is 1. The summed E-state index contributed by atoms with van der Waals surface area (Å²) in [7, 11) is 1.65. The minimum absolute atomic E-state index is 0.0242. The van der Waals surface area contributed by atoms with E-state index in [1.165, 1.54) is 11.3 Å². The molecule has 2 heterocycles. The predicted molar refractivity (Wildman–Crippen MR) is 92.4 cm³/mol. The molecule has 4 nitrogen and oxygen atoms in total. The Bertz CT molecular complexity index is 696. The van der Waals surface area contributed by atoms with Crippen molar-refractivity contribution >= 4 is 23.2 Å². The molecule has 1 N–H and O–H groups in total. The summed E-state index contributed by atoms with van der Waals surface area (Å²) in [6.07, 6.45) is 1.72. The van der Waals surface area contributed by atoms with Gasteiger partial charge in [-0.05, 0) is 23.8 Å². The van der Waals surface area contributed by atoms with Crippen LogP contribution in [0.1, 0.15) is 23.2 Å². The normalized spacial score (nSPS) is 17.8. The molecular formula is C18H20N2O2S. The van der Waals surface area contributed by atoms with Gasteiger partial charge in [0, 0.05) is 31.1 Å². The van der Waals surface area contributed by atoms with E-state index in [1.807, 2.05) is 46.0 Å². The van der Waals surface area contributed by atoms with E-state index in [0.717, 1.165) is 36.1 Å². The van der Waals surface area contributed by atoms with Crippen molar-refractivity contribution in [3.8, 4) is 11.1 Å². The first kappa shape index (κ1) is 15.7. The summed E-state index contributed by atoms with van der Waals surface area (Å²) in [5, 5.41) is 6.62. The van der Waals surface area contributed by atoms with Gasteiger partial charge < -0.3 is 10.2 Å². The summed E-state index contributed by atoms with van der Waals surface area (Å²) in [5.41, 5.74) is 2.76. The Morgan fingerprint density at radius 3 is 2.74 bits per heavy atom. The molecule has 23 heavy (non-hydrogen) atoms. The molecule has 0 saturated carbocycles. The molecule has 1 fully saturated rings. The molecule has 0 aliphatic carbocycles. The fraction of sp³-hybridized carbons (Fsp3) is 0.333. The van der Waals surface area contributed by atoms with Crippen molar-refractivity contribution in [2.75, 3.05) is 20.1 Å². The SMILES string of the molecule is CNC(=O)C1CCCN(C(=O)c2cscc2-c2ccccc2)C1. The van der Waals surface area contributed by atoms with Gasteiger partial charge in [0.15, 0.2) is 0 Å². The van der Waals surface area contributed by atoms with Gasteiger partial charge in [0.25, 0.3) is 5.91 Å². The molecular weight excluding hydrogens is 308 g/mol. The fourth-order valence-electron chi connectivity index (χ4n) is 3.05. The highest BCUT2D eigenvalue weighted by Gasteiger charge is 2.29. The van der Waals surface area contributed by atoms with E-state index in [1.54, 1.807) is 7.05 Å². The molecule has 1 aromatic carbocycles. The second-order valence-corrected chi connectivity index (χ2v) is 6.51. The standard InChI is InChI=1S/C18H20N2O2S/c1-19-17(21)14-8-5-9-20(10-14)18(22)16-12-23-11-15(16)13-6-3-2-4-7-13/h2-4,6-7,11-12,14H,5,8-10H2,1H3,(H,19,21). The van der Waals surface area contributed by atoms with Crippen LogP contribution >= 0.6 is 11.3 Å². The Labute approximate surface area is 140 Å². The maximum atomic E-state index is 12.9. The molecule has 0 radical (unpaired) electrons. The van der Waals surface area contributed by atoms with Crippen LogP contribution in [0.3, 0.4) is 0 Å². The zero-order valence-electron chi connectivity index (χ0n) is 13.1. The quantitative estimate of drug-likeness (QED) is 0.941. The Hall–Kier alpha value is -2.14. The molecule has 5 heteroatoms. The van der Waals surface area contributed by atoms with Crippen LogP contribution in [0.2, 0.25) is 0 Å². The van der Waals surface area contributed by atoms with Crippen molar-refractivity contribution in [2.45, 2.75) is 12.8 Å². The van der Waals surface area contributed by atoms with E-state index in [-0.39, 0.29) is 17.7 Å². The zero-order valence-corrected chi connectivity index (χ0v) is 13.9. The van der Waals surface area contributed by atoms with Gasteiger partial charge in [-0.1, -0.05) is 30.3 Å². The molecule has 3 rings (SSSR count). The average molecular weight is 328 g/mol. The Morgan fingerprint density at radius 1 is 1.22 bits per heavy atom. The van der Waals surface area contributed by atoms with Gasteiger partial charge in [-0.15, -0.1) is 0 Å². The van der Waals surface area contributed by atoms with E-state index < -0.39 is 0 Å². The molecule has 120 valence electrons. The van der Waals surface area contributed by atoms with E-state index in [2.05, 4.69) is 5.32 Å². The first-order chi connectivity index (χ1) is 11.2. The molecule has 1 atom stereocenters. The van der Waals surface area contributed by atoms with Gasteiger partial charge in [-0.25, -0.2) is 0 Å². The van der Waals surface area contributed by atoms with Crippen molar-refractivity contribution in [1.82, 2.24) is 10.2 Å². The number of piperidine rings is 1. The summed E-state index contributed by atoms with van der Waals surface area (Å²) < 4.78 is 0. The van der Waals surface area contributed by atoms with Crippen LogP contribution in [-0.2, 0) is 4.79 Å². The molecule has 0 spiro atoms. The highest BCUT2D eigenvalue weighted by Crippen LogP contribution is 2.29. The molecule has 0 bridgehead atoms. The third kappa shape index (κ3) is 3.29. The van der Waals surface area contributed by atoms with Gasteiger partial charge in [0.05, 0.1) is 11.5 Å². The molecule has 1 aliphatic rings. The number of likely N-dealkylation sites (tertiary alicyclic amines) is 1. The van der Waals surface area contributed by atoms with Gasteiger partial charge in [-0.2, -0.15) is 11.3 Å².